The smallest absolute Gasteiger partial charge is 0.237 e. The number of hydrogen-bond acceptors (Lipinski definition) is 5. The second kappa shape index (κ2) is 8.61. The second-order valence-corrected chi connectivity index (χ2v) is 6.56. The second-order valence-electron chi connectivity index (χ2n) is 6.56. The summed E-state index contributed by atoms with van der Waals surface area (Å²) < 4.78 is 5.09. The maximum absolute atomic E-state index is 12.6. The molecule has 1 N–H and O–H groups in total. The molecule has 1 atom stereocenters. The zero-order valence-electron chi connectivity index (χ0n) is 14.6. The lowest BCUT2D eigenvalue weighted by molar-refractivity contribution is -0.140. The zero-order valence-corrected chi connectivity index (χ0v) is 14.6. The molecule has 0 aromatic rings. The van der Waals surface area contributed by atoms with Crippen LogP contribution in [0.15, 0.2) is 0 Å². The van der Waals surface area contributed by atoms with E-state index in [0.29, 0.717) is 6.54 Å². The lowest BCUT2D eigenvalue weighted by Crippen LogP contribution is -2.59. The Bertz CT molecular complexity index is 408. The number of piperazine rings is 2. The number of carbonyl (C=O) groups is 2. The summed E-state index contributed by atoms with van der Waals surface area (Å²) in [6.45, 7) is 10.5. The molecule has 0 spiro atoms. The summed E-state index contributed by atoms with van der Waals surface area (Å²) in [7, 11) is 1.70. The summed E-state index contributed by atoms with van der Waals surface area (Å²) in [5.41, 5.74) is 0. The molecule has 2 heterocycles. The molecule has 1 unspecified atom stereocenters. The lowest BCUT2D eigenvalue weighted by atomic mass is 10.1. The van der Waals surface area contributed by atoms with Gasteiger partial charge in [-0.2, -0.15) is 0 Å². The van der Waals surface area contributed by atoms with Crippen LogP contribution < -0.4 is 5.32 Å². The van der Waals surface area contributed by atoms with Crippen LogP contribution in [0.5, 0.6) is 0 Å². The van der Waals surface area contributed by atoms with Crippen molar-refractivity contribution in [2.45, 2.75) is 32.4 Å². The first-order valence-electron chi connectivity index (χ1n) is 8.55. The van der Waals surface area contributed by atoms with Gasteiger partial charge >= 0.3 is 0 Å². The van der Waals surface area contributed by atoms with Crippen molar-refractivity contribution in [3.63, 3.8) is 0 Å². The van der Waals surface area contributed by atoms with Crippen LogP contribution in [0.25, 0.3) is 0 Å². The van der Waals surface area contributed by atoms with E-state index in [1.807, 2.05) is 4.90 Å². The maximum Gasteiger partial charge on any atom is 0.237 e. The van der Waals surface area contributed by atoms with Crippen LogP contribution in [0.3, 0.4) is 0 Å². The fourth-order valence-corrected chi connectivity index (χ4v) is 3.30. The average molecular weight is 326 g/mol. The first kappa shape index (κ1) is 18.2. The highest BCUT2D eigenvalue weighted by Crippen LogP contribution is 2.15. The third kappa shape index (κ3) is 4.89. The third-order valence-electron chi connectivity index (χ3n) is 4.74. The summed E-state index contributed by atoms with van der Waals surface area (Å²) in [6.07, 6.45) is 0.280. The Morgan fingerprint density at radius 3 is 2.57 bits per heavy atom. The number of nitrogens with one attached hydrogen (secondary N) is 1. The monoisotopic (exact) mass is 326 g/mol. The molecule has 23 heavy (non-hydrogen) atoms. The Kier molecular flexibility index (Phi) is 6.80. The summed E-state index contributed by atoms with van der Waals surface area (Å²) in [5, 5.41) is 2.88. The van der Waals surface area contributed by atoms with E-state index in [2.05, 4.69) is 29.0 Å². The molecule has 2 rings (SSSR count). The molecule has 2 aliphatic heterocycles. The standard InChI is InChI=1S/C16H30N4O3/c1-13(2)20-5-4-17-16(22)14(20)12-15(21)19-8-6-18(7-9-19)10-11-23-3/h13-14H,4-12H2,1-3H3,(H,17,22). The minimum atomic E-state index is -0.331. The molecule has 2 amide bonds. The Morgan fingerprint density at radius 1 is 1.26 bits per heavy atom. The number of methoxy groups -OCH3 is 1. The lowest BCUT2D eigenvalue weighted by Gasteiger charge is -2.39. The van der Waals surface area contributed by atoms with Crippen LogP contribution in [0.2, 0.25) is 0 Å². The van der Waals surface area contributed by atoms with Crippen LogP contribution in [-0.2, 0) is 14.3 Å². The van der Waals surface area contributed by atoms with Crippen molar-refractivity contribution in [1.82, 2.24) is 20.0 Å². The van der Waals surface area contributed by atoms with E-state index in [9.17, 15) is 9.59 Å². The molecule has 0 aliphatic carbocycles. The first-order valence-corrected chi connectivity index (χ1v) is 8.55. The summed E-state index contributed by atoms with van der Waals surface area (Å²) in [4.78, 5) is 31.1. The Morgan fingerprint density at radius 2 is 1.96 bits per heavy atom. The predicted molar refractivity (Wildman–Crippen MR) is 88.2 cm³/mol. The van der Waals surface area contributed by atoms with Crippen molar-refractivity contribution >= 4 is 11.8 Å². The third-order valence-corrected chi connectivity index (χ3v) is 4.74. The summed E-state index contributed by atoms with van der Waals surface area (Å²) >= 11 is 0. The zero-order chi connectivity index (χ0) is 16.8. The number of ether oxygens (including phenoxy) is 1. The van der Waals surface area contributed by atoms with Crippen molar-refractivity contribution in [2.24, 2.45) is 0 Å². The molecular weight excluding hydrogens is 296 g/mol. The van der Waals surface area contributed by atoms with E-state index >= 15 is 0 Å². The quantitative estimate of drug-likeness (QED) is 0.704. The van der Waals surface area contributed by atoms with E-state index in [4.69, 9.17) is 4.74 Å². The van der Waals surface area contributed by atoms with Gasteiger partial charge in [0.25, 0.3) is 0 Å². The van der Waals surface area contributed by atoms with Gasteiger partial charge < -0.3 is 15.0 Å². The van der Waals surface area contributed by atoms with Gasteiger partial charge in [-0.05, 0) is 13.8 Å². The van der Waals surface area contributed by atoms with Gasteiger partial charge in [0.1, 0.15) is 0 Å². The molecule has 7 heteroatoms. The molecule has 0 aromatic heterocycles. The van der Waals surface area contributed by atoms with Gasteiger partial charge in [0.15, 0.2) is 0 Å². The van der Waals surface area contributed by atoms with Crippen molar-refractivity contribution in [1.29, 1.82) is 0 Å². The Hall–Kier alpha value is -1.18. The fourth-order valence-electron chi connectivity index (χ4n) is 3.30. The van der Waals surface area contributed by atoms with Gasteiger partial charge in [0, 0.05) is 59.0 Å². The highest BCUT2D eigenvalue weighted by molar-refractivity contribution is 5.89. The predicted octanol–water partition coefficient (Wildman–Crippen LogP) is -0.624. The van der Waals surface area contributed by atoms with E-state index < -0.39 is 0 Å². The average Bonchev–Trinajstić information content (AvgIpc) is 2.55. The summed E-state index contributed by atoms with van der Waals surface area (Å²) in [6, 6.07) is -0.0625. The Balaban J connectivity index is 1.85. The maximum atomic E-state index is 12.6. The van der Waals surface area contributed by atoms with Crippen molar-refractivity contribution < 1.29 is 14.3 Å². The topological polar surface area (TPSA) is 65.1 Å². The van der Waals surface area contributed by atoms with Crippen LogP contribution in [-0.4, -0.2) is 98.1 Å². The van der Waals surface area contributed by atoms with Crippen molar-refractivity contribution in [3.05, 3.63) is 0 Å². The number of carbonyl (C=O) groups excluding carboxylic acids is 2. The SMILES string of the molecule is COCCN1CCN(C(=O)CC2C(=O)NCCN2C(C)C)CC1. The largest absolute Gasteiger partial charge is 0.383 e. The van der Waals surface area contributed by atoms with Gasteiger partial charge in [-0.1, -0.05) is 0 Å². The van der Waals surface area contributed by atoms with Crippen molar-refractivity contribution in [3.8, 4) is 0 Å². The van der Waals surface area contributed by atoms with Gasteiger partial charge in [0.2, 0.25) is 11.8 Å². The number of hydrogen-bond donors (Lipinski definition) is 1. The van der Waals surface area contributed by atoms with E-state index in [-0.39, 0.29) is 30.3 Å². The molecule has 0 radical (unpaired) electrons. The summed E-state index contributed by atoms with van der Waals surface area (Å²) in [5.74, 6) is 0.0705. The molecule has 0 saturated carbocycles. The molecule has 7 nitrogen and oxygen atoms in total. The number of amides is 2. The molecule has 0 aromatic carbocycles. The molecule has 2 aliphatic rings. The fraction of sp³-hybridized carbons (Fsp3) is 0.875. The van der Waals surface area contributed by atoms with E-state index in [0.717, 1.165) is 45.9 Å². The highest BCUT2D eigenvalue weighted by atomic mass is 16.5. The highest BCUT2D eigenvalue weighted by Gasteiger charge is 2.34. The van der Waals surface area contributed by atoms with E-state index in [1.54, 1.807) is 7.11 Å². The number of rotatable bonds is 6. The first-order chi connectivity index (χ1) is 11.0. The van der Waals surface area contributed by atoms with Gasteiger partial charge in [-0.25, -0.2) is 0 Å². The van der Waals surface area contributed by atoms with Gasteiger partial charge in [-0.15, -0.1) is 0 Å². The Labute approximate surface area is 138 Å². The van der Waals surface area contributed by atoms with Crippen LogP contribution in [0.4, 0.5) is 0 Å². The van der Waals surface area contributed by atoms with Crippen LogP contribution in [0.1, 0.15) is 20.3 Å². The van der Waals surface area contributed by atoms with E-state index in [1.165, 1.54) is 0 Å². The van der Waals surface area contributed by atoms with Crippen LogP contribution in [0, 0.1) is 0 Å². The van der Waals surface area contributed by atoms with Crippen LogP contribution >= 0.6 is 0 Å². The van der Waals surface area contributed by atoms with Gasteiger partial charge in [-0.3, -0.25) is 19.4 Å². The molecule has 132 valence electrons. The minimum Gasteiger partial charge on any atom is -0.383 e. The molecule has 2 saturated heterocycles. The minimum absolute atomic E-state index is 0.0166. The molecule has 0 bridgehead atoms. The molecule has 2 fully saturated rings. The number of nitrogens with zero attached hydrogens (tertiary/aromatic N) is 3. The molecular formula is C16H30N4O3. The normalized spacial score (nSPS) is 24.1. The van der Waals surface area contributed by atoms with Gasteiger partial charge in [0.05, 0.1) is 19.1 Å². The van der Waals surface area contributed by atoms with Crippen molar-refractivity contribution in [2.75, 3.05) is 59.5 Å².